The molecule has 2 aromatic carbocycles. The number of carbonyl (C=O) groups is 1. The number of benzene rings is 2. The maximum Gasteiger partial charge on any atom is 0.275 e. The zero-order valence-corrected chi connectivity index (χ0v) is 17.0. The van der Waals surface area contributed by atoms with Crippen LogP contribution in [-0.4, -0.2) is 31.2 Å². The fourth-order valence-electron chi connectivity index (χ4n) is 2.56. The van der Waals surface area contributed by atoms with Crippen LogP contribution in [0.5, 0.6) is 17.2 Å². The minimum atomic E-state index is -0.275. The molecular weight excluding hydrogens is 376 g/mol. The lowest BCUT2D eigenvalue weighted by atomic mass is 10.2. The molecule has 1 heterocycles. The number of ether oxygens (including phenoxy) is 3. The van der Waals surface area contributed by atoms with Gasteiger partial charge in [-0.15, -0.1) is 11.3 Å². The molecule has 0 atom stereocenters. The highest BCUT2D eigenvalue weighted by molar-refractivity contribution is 7.13. The Balaban J connectivity index is 1.78. The molecule has 0 unspecified atom stereocenters. The Kier molecular flexibility index (Phi) is 6.16. The normalized spacial score (nSPS) is 10.6. The predicted octanol–water partition coefficient (Wildman–Crippen LogP) is 4.87. The quantitative estimate of drug-likeness (QED) is 0.615. The van der Waals surface area contributed by atoms with E-state index >= 15 is 0 Å². The highest BCUT2D eigenvalue weighted by Gasteiger charge is 2.15. The van der Waals surface area contributed by atoms with Crippen LogP contribution in [0.4, 0.5) is 5.69 Å². The lowest BCUT2D eigenvalue weighted by Crippen LogP contribution is -2.12. The van der Waals surface area contributed by atoms with Crippen molar-refractivity contribution in [3.63, 3.8) is 0 Å². The first kappa shape index (κ1) is 19.7. The SMILES string of the molecule is COc1cccc(NC(=O)c2csc(-c3ccc(OC(C)C)c(OC)c3)n2)c1. The first-order chi connectivity index (χ1) is 13.5. The van der Waals surface area contributed by atoms with Crippen LogP contribution < -0.4 is 19.5 Å². The molecule has 1 aromatic heterocycles. The summed E-state index contributed by atoms with van der Waals surface area (Å²) in [5.74, 6) is 1.70. The van der Waals surface area contributed by atoms with Gasteiger partial charge in [-0.3, -0.25) is 4.79 Å². The number of nitrogens with zero attached hydrogens (tertiary/aromatic N) is 1. The van der Waals surface area contributed by atoms with E-state index in [1.54, 1.807) is 31.7 Å². The molecule has 3 aromatic rings. The van der Waals surface area contributed by atoms with Crippen LogP contribution in [0.15, 0.2) is 47.8 Å². The van der Waals surface area contributed by atoms with Gasteiger partial charge >= 0.3 is 0 Å². The zero-order valence-electron chi connectivity index (χ0n) is 16.2. The number of carbonyl (C=O) groups excluding carboxylic acids is 1. The molecule has 0 aliphatic carbocycles. The van der Waals surface area contributed by atoms with Gasteiger partial charge in [-0.25, -0.2) is 4.98 Å². The zero-order chi connectivity index (χ0) is 20.1. The second kappa shape index (κ2) is 8.75. The lowest BCUT2D eigenvalue weighted by molar-refractivity contribution is 0.102. The van der Waals surface area contributed by atoms with E-state index < -0.39 is 0 Å². The summed E-state index contributed by atoms with van der Waals surface area (Å²) in [5.41, 5.74) is 1.86. The first-order valence-electron chi connectivity index (χ1n) is 8.76. The fraction of sp³-hybridized carbons (Fsp3) is 0.238. The van der Waals surface area contributed by atoms with Gasteiger partial charge in [0.25, 0.3) is 5.91 Å². The third-order valence-electron chi connectivity index (χ3n) is 3.84. The summed E-state index contributed by atoms with van der Waals surface area (Å²) in [4.78, 5) is 17.0. The van der Waals surface area contributed by atoms with Crippen molar-refractivity contribution in [2.24, 2.45) is 0 Å². The van der Waals surface area contributed by atoms with Gasteiger partial charge in [-0.05, 0) is 44.2 Å². The van der Waals surface area contributed by atoms with Gasteiger partial charge in [-0.1, -0.05) is 6.07 Å². The van der Waals surface area contributed by atoms with Crippen LogP contribution in [0, 0.1) is 0 Å². The number of amides is 1. The maximum absolute atomic E-state index is 12.5. The van der Waals surface area contributed by atoms with Crippen LogP contribution >= 0.6 is 11.3 Å². The molecule has 0 fully saturated rings. The summed E-state index contributed by atoms with van der Waals surface area (Å²) < 4.78 is 16.3. The molecule has 0 saturated heterocycles. The molecule has 0 saturated carbocycles. The smallest absolute Gasteiger partial charge is 0.275 e. The largest absolute Gasteiger partial charge is 0.497 e. The van der Waals surface area contributed by atoms with Crippen LogP contribution in [0.3, 0.4) is 0 Å². The highest BCUT2D eigenvalue weighted by Crippen LogP contribution is 2.34. The molecule has 1 amide bonds. The summed E-state index contributed by atoms with van der Waals surface area (Å²) in [6.07, 6.45) is 0.0477. The van der Waals surface area contributed by atoms with Gasteiger partial charge in [0.15, 0.2) is 11.5 Å². The number of hydrogen-bond acceptors (Lipinski definition) is 6. The molecule has 146 valence electrons. The van der Waals surface area contributed by atoms with Gasteiger partial charge in [0.05, 0.1) is 20.3 Å². The van der Waals surface area contributed by atoms with Gasteiger partial charge < -0.3 is 19.5 Å². The molecule has 0 radical (unpaired) electrons. The van der Waals surface area contributed by atoms with Crippen molar-refractivity contribution in [1.82, 2.24) is 4.98 Å². The molecule has 0 spiro atoms. The summed E-state index contributed by atoms with van der Waals surface area (Å²) in [6.45, 7) is 3.92. The van der Waals surface area contributed by atoms with E-state index in [1.165, 1.54) is 11.3 Å². The Labute approximate surface area is 168 Å². The van der Waals surface area contributed by atoms with E-state index in [0.29, 0.717) is 28.6 Å². The highest BCUT2D eigenvalue weighted by atomic mass is 32.1. The Morgan fingerprint density at radius 3 is 2.61 bits per heavy atom. The van der Waals surface area contributed by atoms with E-state index in [9.17, 15) is 4.79 Å². The number of nitrogens with one attached hydrogen (secondary N) is 1. The fourth-order valence-corrected chi connectivity index (χ4v) is 3.36. The molecule has 28 heavy (non-hydrogen) atoms. The number of hydrogen-bond donors (Lipinski definition) is 1. The summed E-state index contributed by atoms with van der Waals surface area (Å²) in [7, 11) is 3.18. The minimum absolute atomic E-state index is 0.0477. The molecule has 1 N–H and O–H groups in total. The Morgan fingerprint density at radius 2 is 1.89 bits per heavy atom. The van der Waals surface area contributed by atoms with Gasteiger partial charge in [0, 0.05) is 22.7 Å². The van der Waals surface area contributed by atoms with Crippen molar-refractivity contribution < 1.29 is 19.0 Å². The van der Waals surface area contributed by atoms with Crippen molar-refractivity contribution in [3.05, 3.63) is 53.5 Å². The molecule has 0 aliphatic rings. The average Bonchev–Trinajstić information content (AvgIpc) is 3.18. The van der Waals surface area contributed by atoms with Gasteiger partial charge in [0.2, 0.25) is 0 Å². The van der Waals surface area contributed by atoms with E-state index in [-0.39, 0.29) is 12.0 Å². The predicted molar refractivity (Wildman–Crippen MR) is 111 cm³/mol. The minimum Gasteiger partial charge on any atom is -0.497 e. The lowest BCUT2D eigenvalue weighted by Gasteiger charge is -2.14. The summed E-state index contributed by atoms with van der Waals surface area (Å²) >= 11 is 1.40. The first-order valence-corrected chi connectivity index (χ1v) is 9.64. The van der Waals surface area contributed by atoms with Crippen molar-refractivity contribution in [2.45, 2.75) is 20.0 Å². The molecular formula is C21H22N2O4S. The third kappa shape index (κ3) is 4.61. The van der Waals surface area contributed by atoms with Crippen molar-refractivity contribution in [3.8, 4) is 27.8 Å². The van der Waals surface area contributed by atoms with Crippen LogP contribution in [-0.2, 0) is 0 Å². The van der Waals surface area contributed by atoms with Crippen LogP contribution in [0.25, 0.3) is 10.6 Å². The second-order valence-corrected chi connectivity index (χ2v) is 7.11. The Bertz CT molecular complexity index is 969. The number of rotatable bonds is 7. The van der Waals surface area contributed by atoms with Crippen LogP contribution in [0.1, 0.15) is 24.3 Å². The topological polar surface area (TPSA) is 69.7 Å². The molecule has 0 bridgehead atoms. The van der Waals surface area contributed by atoms with E-state index in [4.69, 9.17) is 14.2 Å². The van der Waals surface area contributed by atoms with E-state index in [1.807, 2.05) is 44.2 Å². The Morgan fingerprint density at radius 1 is 1.07 bits per heavy atom. The van der Waals surface area contributed by atoms with Crippen molar-refractivity contribution in [1.29, 1.82) is 0 Å². The Hall–Kier alpha value is -3.06. The average molecular weight is 398 g/mol. The monoisotopic (exact) mass is 398 g/mol. The van der Waals surface area contributed by atoms with Crippen LogP contribution in [0.2, 0.25) is 0 Å². The summed E-state index contributed by atoms with van der Waals surface area (Å²) in [5, 5.41) is 5.29. The molecule has 3 rings (SSSR count). The van der Waals surface area contributed by atoms with Gasteiger partial charge in [-0.2, -0.15) is 0 Å². The number of methoxy groups -OCH3 is 2. The van der Waals surface area contributed by atoms with E-state index in [0.717, 1.165) is 10.6 Å². The van der Waals surface area contributed by atoms with E-state index in [2.05, 4.69) is 10.3 Å². The number of anilines is 1. The maximum atomic E-state index is 12.5. The third-order valence-corrected chi connectivity index (χ3v) is 4.73. The number of thiazole rings is 1. The van der Waals surface area contributed by atoms with Crippen molar-refractivity contribution in [2.75, 3.05) is 19.5 Å². The number of aromatic nitrogens is 1. The molecule has 7 heteroatoms. The molecule has 6 nitrogen and oxygen atoms in total. The standard InChI is InChI=1S/C21H22N2O4S/c1-13(2)27-18-9-8-14(10-19(18)26-4)21-23-17(12-28-21)20(24)22-15-6-5-7-16(11-15)25-3/h5-13H,1-4H3,(H,22,24). The second-order valence-electron chi connectivity index (χ2n) is 6.26. The summed E-state index contributed by atoms with van der Waals surface area (Å²) in [6, 6.07) is 12.8. The van der Waals surface area contributed by atoms with Crippen molar-refractivity contribution >= 4 is 22.9 Å². The molecule has 0 aliphatic heterocycles. The van der Waals surface area contributed by atoms with Gasteiger partial charge in [0.1, 0.15) is 16.5 Å².